The Labute approximate surface area is 95.8 Å². The van der Waals surface area contributed by atoms with Crippen molar-refractivity contribution in [2.24, 2.45) is 47.3 Å². The Bertz CT molecular complexity index is 222. The third-order valence-electron chi connectivity index (χ3n) is 5.63. The molecular weight excluding hydrogens is 180 g/mol. The van der Waals surface area contributed by atoms with E-state index in [-0.39, 0.29) is 0 Å². The molecule has 2 fully saturated rings. The van der Waals surface area contributed by atoms with Gasteiger partial charge < -0.3 is 0 Å². The minimum Gasteiger partial charge on any atom is -0.0625 e. The van der Waals surface area contributed by atoms with E-state index in [0.717, 1.165) is 47.3 Å². The first-order chi connectivity index (χ1) is 6.95. The summed E-state index contributed by atoms with van der Waals surface area (Å²) in [6, 6.07) is 0. The lowest BCUT2D eigenvalue weighted by atomic mass is 9.93. The van der Waals surface area contributed by atoms with E-state index in [1.165, 1.54) is 6.42 Å². The van der Waals surface area contributed by atoms with E-state index >= 15 is 0 Å². The molecule has 0 bridgehead atoms. The monoisotopic (exact) mass is 208 g/mol. The van der Waals surface area contributed by atoms with Gasteiger partial charge in [0.25, 0.3) is 0 Å². The molecule has 2 aliphatic carbocycles. The topological polar surface area (TPSA) is 0 Å². The van der Waals surface area contributed by atoms with E-state index in [1.807, 2.05) is 0 Å². The Balaban J connectivity index is 1.81. The first-order valence-corrected chi connectivity index (χ1v) is 6.95. The maximum Gasteiger partial charge on any atom is -0.0326 e. The fourth-order valence-electron chi connectivity index (χ4n) is 4.26. The molecule has 2 saturated carbocycles. The normalized spacial score (nSPS) is 50.6. The van der Waals surface area contributed by atoms with E-state index in [4.69, 9.17) is 0 Å². The molecular formula is C15H28. The highest BCUT2D eigenvalue weighted by atomic mass is 14.6. The Morgan fingerprint density at radius 2 is 1.33 bits per heavy atom. The van der Waals surface area contributed by atoms with E-state index in [1.54, 1.807) is 0 Å². The molecule has 6 atom stereocenters. The zero-order valence-electron chi connectivity index (χ0n) is 11.3. The molecule has 2 aliphatic rings. The highest BCUT2D eigenvalue weighted by Gasteiger charge is 2.53. The van der Waals surface area contributed by atoms with Gasteiger partial charge >= 0.3 is 0 Å². The molecule has 0 heterocycles. The van der Waals surface area contributed by atoms with Crippen LogP contribution in [-0.2, 0) is 0 Å². The van der Waals surface area contributed by atoms with Crippen LogP contribution in [-0.4, -0.2) is 0 Å². The average Bonchev–Trinajstić information content (AvgIpc) is 2.97. The van der Waals surface area contributed by atoms with Crippen molar-refractivity contribution in [1.82, 2.24) is 0 Å². The summed E-state index contributed by atoms with van der Waals surface area (Å²) in [5.41, 5.74) is 0. The smallest absolute Gasteiger partial charge is 0.0326 e. The molecule has 0 amide bonds. The maximum atomic E-state index is 2.50. The Kier molecular flexibility index (Phi) is 2.90. The summed E-state index contributed by atoms with van der Waals surface area (Å²) in [5.74, 6) is 8.05. The van der Waals surface area contributed by atoms with Crippen LogP contribution in [0.2, 0.25) is 0 Å². The SMILES string of the molecule is CC(C)C1C(C)C1C(C)CC1C(C)C1C. The van der Waals surface area contributed by atoms with Gasteiger partial charge in [-0.25, -0.2) is 0 Å². The molecule has 0 heteroatoms. The number of hydrogen-bond acceptors (Lipinski definition) is 0. The third kappa shape index (κ3) is 1.97. The van der Waals surface area contributed by atoms with E-state index in [2.05, 4.69) is 41.5 Å². The van der Waals surface area contributed by atoms with Gasteiger partial charge in [-0.1, -0.05) is 41.5 Å². The summed E-state index contributed by atoms with van der Waals surface area (Å²) in [6.45, 7) is 14.6. The van der Waals surface area contributed by atoms with Crippen molar-refractivity contribution >= 4 is 0 Å². The highest BCUT2D eigenvalue weighted by molar-refractivity contribution is 5.01. The van der Waals surface area contributed by atoms with E-state index < -0.39 is 0 Å². The molecule has 0 aromatic heterocycles. The van der Waals surface area contributed by atoms with Crippen LogP contribution < -0.4 is 0 Å². The van der Waals surface area contributed by atoms with E-state index in [9.17, 15) is 0 Å². The lowest BCUT2D eigenvalue weighted by Crippen LogP contribution is -2.04. The lowest BCUT2D eigenvalue weighted by molar-refractivity contribution is 0.374. The maximum absolute atomic E-state index is 2.50. The van der Waals surface area contributed by atoms with Crippen LogP contribution in [0.25, 0.3) is 0 Å². The molecule has 88 valence electrons. The predicted octanol–water partition coefficient (Wildman–Crippen LogP) is 4.45. The quantitative estimate of drug-likeness (QED) is 0.640. The van der Waals surface area contributed by atoms with Crippen molar-refractivity contribution in [3.8, 4) is 0 Å². The van der Waals surface area contributed by atoms with Crippen LogP contribution in [0.5, 0.6) is 0 Å². The molecule has 0 aliphatic heterocycles. The molecule has 0 aromatic rings. The van der Waals surface area contributed by atoms with Gasteiger partial charge in [-0.2, -0.15) is 0 Å². The Morgan fingerprint density at radius 3 is 1.67 bits per heavy atom. The molecule has 6 unspecified atom stereocenters. The Hall–Kier alpha value is 0. The summed E-state index contributed by atoms with van der Waals surface area (Å²) < 4.78 is 0. The number of rotatable bonds is 4. The zero-order valence-corrected chi connectivity index (χ0v) is 11.3. The van der Waals surface area contributed by atoms with Crippen LogP contribution in [0.4, 0.5) is 0 Å². The van der Waals surface area contributed by atoms with Crippen LogP contribution in [0, 0.1) is 47.3 Å². The van der Waals surface area contributed by atoms with Gasteiger partial charge in [0.05, 0.1) is 0 Å². The van der Waals surface area contributed by atoms with Crippen molar-refractivity contribution in [1.29, 1.82) is 0 Å². The van der Waals surface area contributed by atoms with Crippen LogP contribution in [0.3, 0.4) is 0 Å². The van der Waals surface area contributed by atoms with Crippen LogP contribution >= 0.6 is 0 Å². The molecule has 0 saturated heterocycles. The fourth-order valence-corrected chi connectivity index (χ4v) is 4.26. The standard InChI is InChI=1S/C15H28/c1-8(2)14-12(6)15(14)9(3)7-13-10(4)11(13)5/h8-15H,7H2,1-6H3. The van der Waals surface area contributed by atoms with Gasteiger partial charge in [-0.3, -0.25) is 0 Å². The summed E-state index contributed by atoms with van der Waals surface area (Å²) >= 11 is 0. The molecule has 2 rings (SSSR count). The second kappa shape index (κ2) is 3.79. The highest BCUT2D eigenvalue weighted by Crippen LogP contribution is 2.58. The zero-order chi connectivity index (χ0) is 11.3. The average molecular weight is 208 g/mol. The van der Waals surface area contributed by atoms with E-state index in [0.29, 0.717) is 0 Å². The first kappa shape index (κ1) is 11.5. The second-order valence-corrected chi connectivity index (χ2v) is 6.85. The lowest BCUT2D eigenvalue weighted by Gasteiger charge is -2.12. The summed E-state index contributed by atoms with van der Waals surface area (Å²) in [6.07, 6.45) is 1.50. The second-order valence-electron chi connectivity index (χ2n) is 6.85. The largest absolute Gasteiger partial charge is 0.0625 e. The minimum atomic E-state index is 0.904. The van der Waals surface area contributed by atoms with Crippen molar-refractivity contribution in [2.75, 3.05) is 0 Å². The fraction of sp³-hybridized carbons (Fsp3) is 1.00. The van der Waals surface area contributed by atoms with Gasteiger partial charge in [-0.05, 0) is 53.8 Å². The first-order valence-electron chi connectivity index (χ1n) is 6.95. The summed E-state index contributed by atoms with van der Waals surface area (Å²) in [7, 11) is 0. The molecule has 0 aromatic carbocycles. The molecule has 0 radical (unpaired) electrons. The molecule has 0 spiro atoms. The van der Waals surface area contributed by atoms with Gasteiger partial charge in [0.15, 0.2) is 0 Å². The summed E-state index contributed by atoms with van der Waals surface area (Å²) in [4.78, 5) is 0. The van der Waals surface area contributed by atoms with Crippen molar-refractivity contribution in [3.05, 3.63) is 0 Å². The van der Waals surface area contributed by atoms with Crippen molar-refractivity contribution in [3.63, 3.8) is 0 Å². The third-order valence-corrected chi connectivity index (χ3v) is 5.63. The van der Waals surface area contributed by atoms with Crippen LogP contribution in [0.15, 0.2) is 0 Å². The van der Waals surface area contributed by atoms with Gasteiger partial charge in [0.1, 0.15) is 0 Å². The molecule has 0 nitrogen and oxygen atoms in total. The molecule has 15 heavy (non-hydrogen) atoms. The summed E-state index contributed by atoms with van der Waals surface area (Å²) in [5, 5.41) is 0. The number of hydrogen-bond donors (Lipinski definition) is 0. The van der Waals surface area contributed by atoms with Crippen molar-refractivity contribution < 1.29 is 0 Å². The van der Waals surface area contributed by atoms with Crippen LogP contribution in [0.1, 0.15) is 48.0 Å². The predicted molar refractivity (Wildman–Crippen MR) is 66.6 cm³/mol. The van der Waals surface area contributed by atoms with Gasteiger partial charge in [0, 0.05) is 0 Å². The molecule has 0 N–H and O–H groups in total. The Morgan fingerprint density at radius 1 is 0.800 bits per heavy atom. The van der Waals surface area contributed by atoms with Crippen molar-refractivity contribution in [2.45, 2.75) is 48.0 Å². The van der Waals surface area contributed by atoms with Gasteiger partial charge in [-0.15, -0.1) is 0 Å². The minimum absolute atomic E-state index is 0.904. The van der Waals surface area contributed by atoms with Gasteiger partial charge in [0.2, 0.25) is 0 Å².